The van der Waals surface area contributed by atoms with E-state index in [1.165, 1.54) is 0 Å². The molecule has 8 heteroatoms. The molecule has 0 aliphatic carbocycles. The number of hydrogen-bond acceptors (Lipinski definition) is 5. The van der Waals surface area contributed by atoms with Crippen LogP contribution in [0.5, 0.6) is 0 Å². The summed E-state index contributed by atoms with van der Waals surface area (Å²) in [5.41, 5.74) is 13.3. The van der Waals surface area contributed by atoms with E-state index in [1.54, 1.807) is 24.3 Å². The number of nitrogens with one attached hydrogen (secondary N) is 2. The van der Waals surface area contributed by atoms with Gasteiger partial charge in [0.1, 0.15) is 12.1 Å². The number of rotatable bonds is 13. The minimum Gasteiger partial charge on any atom is -0.480 e. The van der Waals surface area contributed by atoms with Crippen LogP contribution in [0.3, 0.4) is 0 Å². The zero-order valence-electron chi connectivity index (χ0n) is 18.1. The van der Waals surface area contributed by atoms with Crippen molar-refractivity contribution >= 4 is 17.8 Å². The van der Waals surface area contributed by atoms with Crippen molar-refractivity contribution in [2.75, 3.05) is 6.54 Å². The van der Waals surface area contributed by atoms with E-state index in [1.807, 2.05) is 36.4 Å². The highest BCUT2D eigenvalue weighted by atomic mass is 16.4. The number of hydrogen-bond donors (Lipinski definition) is 5. The molecule has 3 atom stereocenters. The normalized spacial score (nSPS) is 13.6. The first kappa shape index (κ1) is 25.0. The largest absolute Gasteiger partial charge is 0.480 e. The van der Waals surface area contributed by atoms with Crippen LogP contribution in [0.1, 0.15) is 30.4 Å². The minimum absolute atomic E-state index is 0.138. The second kappa shape index (κ2) is 13.2. The summed E-state index contributed by atoms with van der Waals surface area (Å²) in [6.07, 6.45) is 2.10. The van der Waals surface area contributed by atoms with Gasteiger partial charge in [0.05, 0.1) is 6.04 Å². The molecule has 2 aromatic rings. The predicted molar refractivity (Wildman–Crippen MR) is 123 cm³/mol. The van der Waals surface area contributed by atoms with Gasteiger partial charge in [0, 0.05) is 6.42 Å². The first-order valence-corrected chi connectivity index (χ1v) is 10.8. The lowest BCUT2D eigenvalue weighted by molar-refractivity contribution is -0.142. The summed E-state index contributed by atoms with van der Waals surface area (Å²) < 4.78 is 0. The predicted octanol–water partition coefficient (Wildman–Crippen LogP) is 0.982. The molecule has 32 heavy (non-hydrogen) atoms. The van der Waals surface area contributed by atoms with Crippen LogP contribution in [0.15, 0.2) is 60.7 Å². The summed E-state index contributed by atoms with van der Waals surface area (Å²) in [4.78, 5) is 37.3. The molecule has 8 nitrogen and oxygen atoms in total. The zero-order chi connectivity index (χ0) is 23.3. The highest BCUT2D eigenvalue weighted by Crippen LogP contribution is 2.07. The standard InChI is InChI=1S/C24H32N4O4/c25-14-8-7-13-20(27-22(29)19(26)15-17-9-3-1-4-10-17)23(30)28-21(24(31)32)16-18-11-5-2-6-12-18/h1-6,9-12,19-21H,7-8,13-16,25-26H2,(H,27,29)(H,28,30)(H,31,32)/t19-,20+,21-/m0/s1. The molecule has 2 amide bonds. The summed E-state index contributed by atoms with van der Waals surface area (Å²) in [7, 11) is 0. The quantitative estimate of drug-likeness (QED) is 0.293. The van der Waals surface area contributed by atoms with E-state index in [4.69, 9.17) is 11.5 Å². The summed E-state index contributed by atoms with van der Waals surface area (Å²) >= 11 is 0. The minimum atomic E-state index is -1.14. The van der Waals surface area contributed by atoms with Crippen molar-refractivity contribution < 1.29 is 19.5 Å². The van der Waals surface area contributed by atoms with E-state index >= 15 is 0 Å². The molecule has 2 rings (SSSR count). The number of carboxylic acids is 1. The Hall–Kier alpha value is -3.23. The number of carboxylic acid groups (broad SMARTS) is 1. The molecule has 0 heterocycles. The van der Waals surface area contributed by atoms with Crippen LogP contribution in [0.4, 0.5) is 0 Å². The van der Waals surface area contributed by atoms with Crippen molar-refractivity contribution in [3.8, 4) is 0 Å². The van der Waals surface area contributed by atoms with Crippen LogP contribution in [0, 0.1) is 0 Å². The van der Waals surface area contributed by atoms with E-state index in [2.05, 4.69) is 10.6 Å². The van der Waals surface area contributed by atoms with E-state index in [0.29, 0.717) is 32.2 Å². The Balaban J connectivity index is 2.03. The maximum absolute atomic E-state index is 12.9. The molecular formula is C24H32N4O4. The monoisotopic (exact) mass is 440 g/mol. The van der Waals surface area contributed by atoms with E-state index in [0.717, 1.165) is 11.1 Å². The van der Waals surface area contributed by atoms with Gasteiger partial charge in [0.15, 0.2) is 0 Å². The topological polar surface area (TPSA) is 148 Å². The smallest absolute Gasteiger partial charge is 0.326 e. The number of nitrogens with two attached hydrogens (primary N) is 2. The Bertz CT molecular complexity index is 861. The fourth-order valence-electron chi connectivity index (χ4n) is 3.32. The lowest BCUT2D eigenvalue weighted by Crippen LogP contribution is -2.55. The Labute approximate surface area is 188 Å². The Morgan fingerprint density at radius 1 is 0.781 bits per heavy atom. The average Bonchev–Trinajstić information content (AvgIpc) is 2.79. The lowest BCUT2D eigenvalue weighted by atomic mass is 10.0. The molecule has 0 unspecified atom stereocenters. The van der Waals surface area contributed by atoms with Gasteiger partial charge >= 0.3 is 5.97 Å². The highest BCUT2D eigenvalue weighted by Gasteiger charge is 2.28. The summed E-state index contributed by atoms with van der Waals surface area (Å²) in [6, 6.07) is 15.5. The molecule has 2 aromatic carbocycles. The summed E-state index contributed by atoms with van der Waals surface area (Å²) in [6.45, 7) is 0.460. The maximum atomic E-state index is 12.9. The van der Waals surface area contributed by atoms with Crippen LogP contribution in [0.25, 0.3) is 0 Å². The number of unbranched alkanes of at least 4 members (excludes halogenated alkanes) is 1. The first-order valence-electron chi connectivity index (χ1n) is 10.8. The van der Waals surface area contributed by atoms with Gasteiger partial charge in [-0.15, -0.1) is 0 Å². The third-order valence-electron chi connectivity index (χ3n) is 5.11. The van der Waals surface area contributed by atoms with Crippen molar-refractivity contribution in [1.82, 2.24) is 10.6 Å². The molecule has 172 valence electrons. The average molecular weight is 441 g/mol. The fraction of sp³-hybridized carbons (Fsp3) is 0.375. The van der Waals surface area contributed by atoms with Crippen molar-refractivity contribution in [2.45, 2.75) is 50.2 Å². The van der Waals surface area contributed by atoms with Crippen molar-refractivity contribution in [3.63, 3.8) is 0 Å². The molecule has 0 aliphatic rings. The van der Waals surface area contributed by atoms with Gasteiger partial charge in [0.25, 0.3) is 0 Å². The van der Waals surface area contributed by atoms with Crippen molar-refractivity contribution in [3.05, 3.63) is 71.8 Å². The molecule has 0 radical (unpaired) electrons. The zero-order valence-corrected chi connectivity index (χ0v) is 18.1. The molecule has 0 saturated carbocycles. The van der Waals surface area contributed by atoms with E-state index < -0.39 is 35.9 Å². The summed E-state index contributed by atoms with van der Waals surface area (Å²) in [5, 5.41) is 14.8. The third kappa shape index (κ3) is 8.49. The van der Waals surface area contributed by atoms with Crippen LogP contribution in [0.2, 0.25) is 0 Å². The molecule has 7 N–H and O–H groups in total. The summed E-state index contributed by atoms with van der Waals surface area (Å²) in [5.74, 6) is -2.16. The lowest BCUT2D eigenvalue weighted by Gasteiger charge is -2.23. The van der Waals surface area contributed by atoms with Crippen LogP contribution in [-0.4, -0.2) is 47.6 Å². The van der Waals surface area contributed by atoms with Gasteiger partial charge in [0.2, 0.25) is 11.8 Å². The molecular weight excluding hydrogens is 408 g/mol. The van der Waals surface area contributed by atoms with Crippen LogP contribution >= 0.6 is 0 Å². The Morgan fingerprint density at radius 2 is 1.31 bits per heavy atom. The molecule has 0 fully saturated rings. The molecule has 0 spiro atoms. The second-order valence-electron chi connectivity index (χ2n) is 7.73. The Morgan fingerprint density at radius 3 is 1.84 bits per heavy atom. The molecule has 0 aromatic heterocycles. The third-order valence-corrected chi connectivity index (χ3v) is 5.11. The number of carbonyl (C=O) groups excluding carboxylic acids is 2. The number of benzene rings is 2. The fourth-order valence-corrected chi connectivity index (χ4v) is 3.32. The van der Waals surface area contributed by atoms with Crippen LogP contribution in [-0.2, 0) is 27.2 Å². The highest BCUT2D eigenvalue weighted by molar-refractivity contribution is 5.91. The SMILES string of the molecule is NCCCC[C@@H](NC(=O)[C@@H](N)Cc1ccccc1)C(=O)N[C@@H](Cc1ccccc1)C(=O)O. The number of amides is 2. The van der Waals surface area contributed by atoms with Gasteiger partial charge in [-0.05, 0) is 43.4 Å². The van der Waals surface area contributed by atoms with Gasteiger partial charge in [-0.25, -0.2) is 4.79 Å². The van der Waals surface area contributed by atoms with Crippen LogP contribution < -0.4 is 22.1 Å². The molecule has 0 bridgehead atoms. The van der Waals surface area contributed by atoms with Gasteiger partial charge in [-0.3, -0.25) is 9.59 Å². The number of carbonyl (C=O) groups is 3. The van der Waals surface area contributed by atoms with Crippen molar-refractivity contribution in [2.24, 2.45) is 11.5 Å². The van der Waals surface area contributed by atoms with E-state index in [-0.39, 0.29) is 6.42 Å². The van der Waals surface area contributed by atoms with Gasteiger partial charge < -0.3 is 27.2 Å². The van der Waals surface area contributed by atoms with Gasteiger partial charge in [-0.2, -0.15) is 0 Å². The first-order chi connectivity index (χ1) is 15.4. The van der Waals surface area contributed by atoms with Crippen molar-refractivity contribution in [1.29, 1.82) is 0 Å². The van der Waals surface area contributed by atoms with Gasteiger partial charge in [-0.1, -0.05) is 60.7 Å². The second-order valence-corrected chi connectivity index (χ2v) is 7.73. The van der Waals surface area contributed by atoms with E-state index in [9.17, 15) is 19.5 Å². The maximum Gasteiger partial charge on any atom is 0.326 e. The number of aliphatic carboxylic acids is 1. The Kier molecular flexibility index (Phi) is 10.4. The molecule has 0 aliphatic heterocycles. The molecule has 0 saturated heterocycles.